The van der Waals surface area contributed by atoms with Crippen molar-refractivity contribution in [3.8, 4) is 0 Å². The molecule has 1 amide bonds. The van der Waals surface area contributed by atoms with Crippen LogP contribution in [-0.4, -0.2) is 37.3 Å². The maximum absolute atomic E-state index is 14.2. The minimum Gasteiger partial charge on any atom is -0.465 e. The third-order valence-corrected chi connectivity index (χ3v) is 3.35. The highest BCUT2D eigenvalue weighted by molar-refractivity contribution is 6.00. The number of hydrogen-bond donors (Lipinski definition) is 3. The van der Waals surface area contributed by atoms with Gasteiger partial charge in [0, 0.05) is 0 Å². The number of amides is 1. The Balaban J connectivity index is 2.36. The summed E-state index contributed by atoms with van der Waals surface area (Å²) in [5.41, 5.74) is 0.534. The van der Waals surface area contributed by atoms with Crippen molar-refractivity contribution in [2.75, 3.05) is 25.6 Å². The second kappa shape index (κ2) is 9.01. The third-order valence-electron chi connectivity index (χ3n) is 3.35. The average molecular weight is 384 g/mol. The van der Waals surface area contributed by atoms with Crippen LogP contribution >= 0.6 is 0 Å². The van der Waals surface area contributed by atoms with Gasteiger partial charge in [-0.3, -0.25) is 9.63 Å². The van der Waals surface area contributed by atoms with E-state index in [1.807, 2.05) is 5.48 Å². The molecule has 0 fully saturated rings. The Morgan fingerprint density at radius 2 is 1.85 bits per heavy atom. The Bertz CT molecular complexity index is 861. The van der Waals surface area contributed by atoms with Crippen LogP contribution in [0, 0.1) is 17.5 Å². The number of rotatable bonds is 7. The number of nitrogens with one attached hydrogen (secondary N) is 2. The molecule has 0 saturated heterocycles. The highest BCUT2D eigenvalue weighted by Gasteiger charge is 2.20. The van der Waals surface area contributed by atoms with E-state index >= 15 is 0 Å². The zero-order valence-corrected chi connectivity index (χ0v) is 14.0. The number of carbonyl (C=O) groups excluding carboxylic acids is 2. The van der Waals surface area contributed by atoms with Crippen molar-refractivity contribution in [3.05, 3.63) is 58.9 Å². The van der Waals surface area contributed by atoms with Gasteiger partial charge in [0.15, 0.2) is 11.6 Å². The van der Waals surface area contributed by atoms with Crippen LogP contribution in [0.25, 0.3) is 0 Å². The molecule has 10 heteroatoms. The van der Waals surface area contributed by atoms with Gasteiger partial charge in [0.05, 0.1) is 42.8 Å². The third kappa shape index (κ3) is 4.74. The lowest BCUT2D eigenvalue weighted by atomic mass is 10.1. The molecule has 0 aliphatic heterocycles. The number of halogens is 3. The molecule has 0 atom stereocenters. The van der Waals surface area contributed by atoms with Crippen LogP contribution in [0.4, 0.5) is 24.5 Å². The lowest BCUT2D eigenvalue weighted by Crippen LogP contribution is -2.26. The standard InChI is InChI=1S/C17H15F3N2O5/c1-26-17(25)9-2-5-13(12(19)8-9)21-15-10(3-4-11(18)14(15)20)16(24)22-27-7-6-23/h2-5,8,21,23H,6-7H2,1H3,(H,22,24). The normalized spacial score (nSPS) is 10.4. The van der Waals surface area contributed by atoms with Gasteiger partial charge in [0.2, 0.25) is 0 Å². The Kier molecular flexibility index (Phi) is 6.74. The van der Waals surface area contributed by atoms with E-state index in [0.29, 0.717) is 0 Å². The molecule has 0 spiro atoms. The van der Waals surface area contributed by atoms with Gasteiger partial charge in [-0.05, 0) is 30.3 Å². The summed E-state index contributed by atoms with van der Waals surface area (Å²) in [4.78, 5) is 28.1. The Hall–Kier alpha value is -3.11. The summed E-state index contributed by atoms with van der Waals surface area (Å²) in [6.07, 6.45) is 0. The SMILES string of the molecule is COC(=O)c1ccc(Nc2c(C(=O)NOCCO)ccc(F)c2F)c(F)c1. The number of aliphatic hydroxyl groups excluding tert-OH is 1. The number of hydrogen-bond acceptors (Lipinski definition) is 6. The van der Waals surface area contributed by atoms with Crippen LogP contribution in [-0.2, 0) is 9.57 Å². The van der Waals surface area contributed by atoms with Crippen molar-refractivity contribution < 1.29 is 37.4 Å². The second-order valence-corrected chi connectivity index (χ2v) is 5.10. The quantitative estimate of drug-likeness (QED) is 0.385. The number of aliphatic hydroxyl groups is 1. The fourth-order valence-electron chi connectivity index (χ4n) is 2.08. The van der Waals surface area contributed by atoms with E-state index in [0.717, 1.165) is 31.4 Å². The molecule has 7 nitrogen and oxygen atoms in total. The van der Waals surface area contributed by atoms with Gasteiger partial charge in [-0.25, -0.2) is 23.4 Å². The summed E-state index contributed by atoms with van der Waals surface area (Å²) < 4.78 is 46.4. The predicted molar refractivity (Wildman–Crippen MR) is 87.9 cm³/mol. The smallest absolute Gasteiger partial charge is 0.337 e. The molecule has 0 aromatic heterocycles. The van der Waals surface area contributed by atoms with Gasteiger partial charge in [-0.1, -0.05) is 0 Å². The average Bonchev–Trinajstić information content (AvgIpc) is 2.66. The van der Waals surface area contributed by atoms with E-state index in [1.165, 1.54) is 6.07 Å². The van der Waals surface area contributed by atoms with E-state index in [-0.39, 0.29) is 30.0 Å². The first kappa shape index (κ1) is 20.2. The number of methoxy groups -OCH3 is 1. The van der Waals surface area contributed by atoms with Crippen molar-refractivity contribution in [2.45, 2.75) is 0 Å². The summed E-state index contributed by atoms with van der Waals surface area (Å²) in [5.74, 6) is -5.36. The molecule has 27 heavy (non-hydrogen) atoms. The van der Waals surface area contributed by atoms with Gasteiger partial charge < -0.3 is 15.2 Å². The fourth-order valence-corrected chi connectivity index (χ4v) is 2.08. The number of anilines is 2. The molecular formula is C17H15F3N2O5. The van der Waals surface area contributed by atoms with Crippen LogP contribution in [0.1, 0.15) is 20.7 Å². The topological polar surface area (TPSA) is 96.9 Å². The largest absolute Gasteiger partial charge is 0.465 e. The minimum absolute atomic E-state index is 0.0874. The number of carbonyl (C=O) groups is 2. The molecule has 0 saturated carbocycles. The molecule has 0 bridgehead atoms. The molecule has 0 aliphatic rings. The van der Waals surface area contributed by atoms with Gasteiger partial charge >= 0.3 is 5.97 Å². The van der Waals surface area contributed by atoms with Crippen LogP contribution in [0.3, 0.4) is 0 Å². The van der Waals surface area contributed by atoms with E-state index in [9.17, 15) is 22.8 Å². The zero-order valence-electron chi connectivity index (χ0n) is 14.0. The molecule has 2 aromatic rings. The van der Waals surface area contributed by atoms with Gasteiger partial charge in [0.1, 0.15) is 5.82 Å². The first-order valence-electron chi connectivity index (χ1n) is 7.55. The fraction of sp³-hybridized carbons (Fsp3) is 0.176. The molecule has 0 unspecified atom stereocenters. The first-order valence-corrected chi connectivity index (χ1v) is 7.55. The maximum Gasteiger partial charge on any atom is 0.337 e. The van der Waals surface area contributed by atoms with Crippen molar-refractivity contribution >= 4 is 23.3 Å². The minimum atomic E-state index is -1.42. The molecule has 2 aromatic carbocycles. The summed E-state index contributed by atoms with van der Waals surface area (Å²) >= 11 is 0. The lowest BCUT2D eigenvalue weighted by Gasteiger charge is -2.14. The monoisotopic (exact) mass is 384 g/mol. The molecule has 3 N–H and O–H groups in total. The van der Waals surface area contributed by atoms with E-state index in [1.54, 1.807) is 0 Å². The Morgan fingerprint density at radius 3 is 2.48 bits per heavy atom. The molecule has 0 aliphatic carbocycles. The van der Waals surface area contributed by atoms with E-state index < -0.39 is 35.0 Å². The summed E-state index contributed by atoms with van der Waals surface area (Å²) in [6, 6.07) is 4.85. The van der Waals surface area contributed by atoms with Gasteiger partial charge in [0.25, 0.3) is 5.91 Å². The van der Waals surface area contributed by atoms with Crippen LogP contribution < -0.4 is 10.8 Å². The molecule has 0 radical (unpaired) electrons. The Labute approximate surface area is 151 Å². The maximum atomic E-state index is 14.2. The van der Waals surface area contributed by atoms with Crippen molar-refractivity contribution in [2.24, 2.45) is 0 Å². The van der Waals surface area contributed by atoms with Crippen molar-refractivity contribution in [3.63, 3.8) is 0 Å². The molecule has 0 heterocycles. The first-order chi connectivity index (χ1) is 12.9. The summed E-state index contributed by atoms with van der Waals surface area (Å²) in [7, 11) is 1.12. The van der Waals surface area contributed by atoms with Crippen molar-refractivity contribution in [1.29, 1.82) is 0 Å². The molecular weight excluding hydrogens is 369 g/mol. The molecule has 2 rings (SSSR count). The number of esters is 1. The van der Waals surface area contributed by atoms with Crippen molar-refractivity contribution in [1.82, 2.24) is 5.48 Å². The summed E-state index contributed by atoms with van der Waals surface area (Å²) in [5, 5.41) is 10.9. The molecule has 144 valence electrons. The predicted octanol–water partition coefficient (Wildman–Crippen LogP) is 2.29. The van der Waals surface area contributed by atoms with Gasteiger partial charge in [-0.15, -0.1) is 0 Å². The van der Waals surface area contributed by atoms with E-state index in [2.05, 4.69) is 14.9 Å². The van der Waals surface area contributed by atoms with E-state index in [4.69, 9.17) is 5.11 Å². The zero-order chi connectivity index (χ0) is 20.0. The highest BCUT2D eigenvalue weighted by atomic mass is 19.2. The van der Waals surface area contributed by atoms with Gasteiger partial charge in [-0.2, -0.15) is 0 Å². The highest BCUT2D eigenvalue weighted by Crippen LogP contribution is 2.28. The lowest BCUT2D eigenvalue weighted by molar-refractivity contribution is 0.0168. The second-order valence-electron chi connectivity index (χ2n) is 5.10. The number of ether oxygens (including phenoxy) is 1. The number of benzene rings is 2. The van der Waals surface area contributed by atoms with Crippen LogP contribution in [0.5, 0.6) is 0 Å². The number of hydroxylamine groups is 1. The summed E-state index contributed by atoms with van der Waals surface area (Å²) in [6.45, 7) is -0.595. The van der Waals surface area contributed by atoms with Crippen LogP contribution in [0.2, 0.25) is 0 Å². The Morgan fingerprint density at radius 1 is 1.11 bits per heavy atom. The van der Waals surface area contributed by atoms with Crippen LogP contribution in [0.15, 0.2) is 30.3 Å².